The van der Waals surface area contributed by atoms with E-state index < -0.39 is 10.8 Å². The van der Waals surface area contributed by atoms with E-state index in [-0.39, 0.29) is 0 Å². The first-order chi connectivity index (χ1) is 8.50. The molecule has 18 heavy (non-hydrogen) atoms. The monoisotopic (exact) mass is 328 g/mol. The molecule has 2 aromatic heterocycles. The van der Waals surface area contributed by atoms with E-state index in [1.165, 1.54) is 0 Å². The highest BCUT2D eigenvalue weighted by molar-refractivity contribution is 9.10. The van der Waals surface area contributed by atoms with Crippen molar-refractivity contribution in [3.8, 4) is 0 Å². The lowest BCUT2D eigenvalue weighted by molar-refractivity contribution is 0.673. The van der Waals surface area contributed by atoms with Gasteiger partial charge in [0, 0.05) is 13.2 Å². The van der Waals surface area contributed by atoms with Crippen LogP contribution in [0.4, 0.5) is 5.69 Å². The third kappa shape index (κ3) is 2.46. The second-order valence-corrected chi connectivity index (χ2v) is 6.02. The van der Waals surface area contributed by atoms with Crippen LogP contribution in [-0.2, 0) is 23.6 Å². The molecule has 0 aliphatic heterocycles. The quantitative estimate of drug-likeness (QED) is 0.931. The lowest BCUT2D eigenvalue weighted by Crippen LogP contribution is -2.07. The third-order valence-corrected chi connectivity index (χ3v) is 4.89. The SMILES string of the molecule is Cc1nn(C)c(CS(=O)c2ncccc2N)c1Br. The van der Waals surface area contributed by atoms with E-state index in [0.717, 1.165) is 15.9 Å². The number of halogens is 1. The van der Waals surface area contributed by atoms with Crippen LogP contribution in [0.2, 0.25) is 0 Å². The van der Waals surface area contributed by atoms with E-state index in [1.54, 1.807) is 23.0 Å². The van der Waals surface area contributed by atoms with E-state index in [1.807, 2.05) is 14.0 Å². The van der Waals surface area contributed by atoms with E-state index in [0.29, 0.717) is 16.5 Å². The van der Waals surface area contributed by atoms with Crippen molar-refractivity contribution in [2.45, 2.75) is 17.7 Å². The van der Waals surface area contributed by atoms with Gasteiger partial charge in [0.15, 0.2) is 0 Å². The van der Waals surface area contributed by atoms with Gasteiger partial charge in [0.25, 0.3) is 0 Å². The molecule has 0 spiro atoms. The van der Waals surface area contributed by atoms with Crippen molar-refractivity contribution in [3.63, 3.8) is 0 Å². The number of hydrogen-bond donors (Lipinski definition) is 1. The fourth-order valence-electron chi connectivity index (χ4n) is 1.62. The second kappa shape index (κ2) is 5.19. The normalized spacial score (nSPS) is 12.6. The zero-order chi connectivity index (χ0) is 13.3. The topological polar surface area (TPSA) is 73.8 Å². The molecule has 1 atom stereocenters. The minimum absolute atomic E-state index is 0.332. The Labute approximate surface area is 116 Å². The molecule has 0 saturated heterocycles. The molecule has 96 valence electrons. The number of hydrogen-bond acceptors (Lipinski definition) is 4. The Hall–Kier alpha value is -1.21. The van der Waals surface area contributed by atoms with Crippen LogP contribution >= 0.6 is 15.9 Å². The summed E-state index contributed by atoms with van der Waals surface area (Å²) in [5, 5.41) is 4.68. The molecule has 0 fully saturated rings. The van der Waals surface area contributed by atoms with Gasteiger partial charge in [0.1, 0.15) is 5.03 Å². The average molecular weight is 329 g/mol. The number of nitrogens with two attached hydrogens (primary N) is 1. The summed E-state index contributed by atoms with van der Waals surface area (Å²) in [5.74, 6) is 0.332. The first kappa shape index (κ1) is 13.2. The van der Waals surface area contributed by atoms with Gasteiger partial charge in [-0.25, -0.2) is 4.98 Å². The fraction of sp³-hybridized carbons (Fsp3) is 0.273. The first-order valence-electron chi connectivity index (χ1n) is 5.27. The zero-order valence-electron chi connectivity index (χ0n) is 10.1. The second-order valence-electron chi connectivity index (χ2n) is 3.86. The predicted octanol–water partition coefficient (Wildman–Crippen LogP) is 1.78. The molecule has 1 unspecified atom stereocenters. The Bertz CT molecular complexity index is 611. The average Bonchev–Trinajstić information content (AvgIpc) is 2.56. The number of rotatable bonds is 3. The lowest BCUT2D eigenvalue weighted by atomic mass is 10.4. The minimum Gasteiger partial charge on any atom is -0.396 e. The van der Waals surface area contributed by atoms with Crippen LogP contribution in [0.25, 0.3) is 0 Å². The number of nitrogens with zero attached hydrogens (tertiary/aromatic N) is 3. The Balaban J connectivity index is 2.30. The number of aromatic nitrogens is 3. The van der Waals surface area contributed by atoms with Gasteiger partial charge in [-0.3, -0.25) is 8.89 Å². The molecule has 0 amide bonds. The van der Waals surface area contributed by atoms with Gasteiger partial charge in [-0.1, -0.05) is 0 Å². The molecule has 0 aliphatic carbocycles. The molecule has 0 bridgehead atoms. The largest absolute Gasteiger partial charge is 0.396 e. The van der Waals surface area contributed by atoms with Gasteiger partial charge < -0.3 is 5.73 Å². The van der Waals surface area contributed by atoms with Crippen molar-refractivity contribution in [2.24, 2.45) is 7.05 Å². The molecular formula is C11H13BrN4OS. The molecule has 0 saturated carbocycles. The summed E-state index contributed by atoms with van der Waals surface area (Å²) in [5.41, 5.74) is 7.96. The van der Waals surface area contributed by atoms with E-state index in [2.05, 4.69) is 26.0 Å². The molecule has 0 radical (unpaired) electrons. The summed E-state index contributed by atoms with van der Waals surface area (Å²) >= 11 is 3.45. The van der Waals surface area contributed by atoms with Gasteiger partial charge in [-0.2, -0.15) is 5.10 Å². The Morgan fingerprint density at radius 2 is 2.28 bits per heavy atom. The van der Waals surface area contributed by atoms with Crippen molar-refractivity contribution in [1.82, 2.24) is 14.8 Å². The number of anilines is 1. The summed E-state index contributed by atoms with van der Waals surface area (Å²) in [6.07, 6.45) is 1.59. The van der Waals surface area contributed by atoms with E-state index in [4.69, 9.17) is 5.73 Å². The molecule has 2 N–H and O–H groups in total. The first-order valence-corrected chi connectivity index (χ1v) is 7.38. The van der Waals surface area contributed by atoms with Crippen LogP contribution in [0, 0.1) is 6.92 Å². The van der Waals surface area contributed by atoms with Gasteiger partial charge in [0.2, 0.25) is 0 Å². The molecule has 2 rings (SSSR count). The maximum Gasteiger partial charge on any atom is 0.150 e. The summed E-state index contributed by atoms with van der Waals surface area (Å²) in [6.45, 7) is 1.89. The Morgan fingerprint density at radius 1 is 1.56 bits per heavy atom. The number of aryl methyl sites for hydroxylation is 2. The Morgan fingerprint density at radius 3 is 2.83 bits per heavy atom. The standard InChI is InChI=1S/C11H13BrN4OS/c1-7-10(12)9(16(2)15-7)6-18(17)11-8(13)4-3-5-14-11/h3-5H,6,13H2,1-2H3. The summed E-state index contributed by atoms with van der Waals surface area (Å²) in [6, 6.07) is 3.42. The lowest BCUT2D eigenvalue weighted by Gasteiger charge is -2.05. The molecule has 2 heterocycles. The number of nitrogen functional groups attached to an aromatic ring is 1. The Kier molecular flexibility index (Phi) is 3.82. The van der Waals surface area contributed by atoms with Gasteiger partial charge in [0.05, 0.1) is 38.1 Å². The molecule has 0 aromatic carbocycles. The summed E-state index contributed by atoms with van der Waals surface area (Å²) in [4.78, 5) is 4.07. The molecule has 7 heteroatoms. The van der Waals surface area contributed by atoms with Gasteiger partial charge >= 0.3 is 0 Å². The van der Waals surface area contributed by atoms with Crippen molar-refractivity contribution in [1.29, 1.82) is 0 Å². The van der Waals surface area contributed by atoms with Crippen LogP contribution in [0.15, 0.2) is 27.8 Å². The van der Waals surface area contributed by atoms with E-state index in [9.17, 15) is 4.21 Å². The highest BCUT2D eigenvalue weighted by Crippen LogP contribution is 2.24. The van der Waals surface area contributed by atoms with Crippen LogP contribution in [-0.4, -0.2) is 19.0 Å². The third-order valence-electron chi connectivity index (χ3n) is 2.55. The molecular weight excluding hydrogens is 316 g/mol. The van der Waals surface area contributed by atoms with Crippen molar-refractivity contribution in [3.05, 3.63) is 34.2 Å². The number of pyridine rings is 1. The van der Waals surface area contributed by atoms with Crippen LogP contribution in [0.3, 0.4) is 0 Å². The van der Waals surface area contributed by atoms with Crippen LogP contribution in [0.5, 0.6) is 0 Å². The maximum atomic E-state index is 12.3. The van der Waals surface area contributed by atoms with Crippen molar-refractivity contribution < 1.29 is 4.21 Å². The predicted molar refractivity (Wildman–Crippen MR) is 74.4 cm³/mol. The molecule has 0 aliphatic rings. The molecule has 2 aromatic rings. The summed E-state index contributed by atoms with van der Waals surface area (Å²) < 4.78 is 14.9. The zero-order valence-corrected chi connectivity index (χ0v) is 12.5. The van der Waals surface area contributed by atoms with E-state index >= 15 is 0 Å². The minimum atomic E-state index is -1.28. The van der Waals surface area contributed by atoms with Gasteiger partial charge in [-0.15, -0.1) is 0 Å². The van der Waals surface area contributed by atoms with Crippen LogP contribution in [0.1, 0.15) is 11.4 Å². The highest BCUT2D eigenvalue weighted by atomic mass is 79.9. The van der Waals surface area contributed by atoms with Gasteiger partial charge in [-0.05, 0) is 35.0 Å². The summed E-state index contributed by atoms with van der Waals surface area (Å²) in [7, 11) is 0.545. The van der Waals surface area contributed by atoms with Crippen molar-refractivity contribution >= 4 is 32.4 Å². The molecule has 5 nitrogen and oxygen atoms in total. The highest BCUT2D eigenvalue weighted by Gasteiger charge is 2.16. The smallest absolute Gasteiger partial charge is 0.150 e. The van der Waals surface area contributed by atoms with Crippen molar-refractivity contribution in [2.75, 3.05) is 5.73 Å². The fourth-order valence-corrected chi connectivity index (χ4v) is 3.51. The maximum absolute atomic E-state index is 12.3. The van der Waals surface area contributed by atoms with Crippen LogP contribution < -0.4 is 5.73 Å².